The van der Waals surface area contributed by atoms with E-state index in [9.17, 15) is 0 Å². The van der Waals surface area contributed by atoms with E-state index in [4.69, 9.17) is 22.1 Å². The first-order chi connectivity index (χ1) is 9.01. The SMILES string of the molecule is CCc1nn(CC)c(COCC(N)(CC)CC)c1Cl. The van der Waals surface area contributed by atoms with E-state index < -0.39 is 0 Å². The fraction of sp³-hybridized carbons (Fsp3) is 0.786. The Morgan fingerprint density at radius 3 is 2.37 bits per heavy atom. The van der Waals surface area contributed by atoms with Gasteiger partial charge in [-0.25, -0.2) is 0 Å². The number of hydrogen-bond acceptors (Lipinski definition) is 3. The van der Waals surface area contributed by atoms with Crippen LogP contribution in [-0.4, -0.2) is 21.9 Å². The molecule has 0 fully saturated rings. The standard InChI is InChI=1S/C14H26ClN3O/c1-5-11-13(15)12(18(8-4)17-11)9-19-10-14(16,6-2)7-3/h5-10,16H2,1-4H3. The van der Waals surface area contributed by atoms with Gasteiger partial charge in [-0.05, 0) is 26.2 Å². The van der Waals surface area contributed by atoms with Crippen LogP contribution in [0.25, 0.3) is 0 Å². The zero-order valence-corrected chi connectivity index (χ0v) is 13.3. The van der Waals surface area contributed by atoms with Crippen LogP contribution < -0.4 is 5.73 Å². The number of aryl methyl sites for hydroxylation is 2. The predicted molar refractivity (Wildman–Crippen MR) is 79.4 cm³/mol. The minimum absolute atomic E-state index is 0.239. The topological polar surface area (TPSA) is 53.1 Å². The molecule has 4 nitrogen and oxygen atoms in total. The van der Waals surface area contributed by atoms with E-state index in [1.54, 1.807) is 0 Å². The normalized spacial score (nSPS) is 12.1. The van der Waals surface area contributed by atoms with Crippen molar-refractivity contribution in [2.24, 2.45) is 5.73 Å². The molecule has 1 heterocycles. The van der Waals surface area contributed by atoms with Crippen molar-refractivity contribution in [3.05, 3.63) is 16.4 Å². The molecule has 110 valence electrons. The van der Waals surface area contributed by atoms with Crippen LogP contribution >= 0.6 is 11.6 Å². The molecule has 0 spiro atoms. The summed E-state index contributed by atoms with van der Waals surface area (Å²) >= 11 is 6.33. The van der Waals surface area contributed by atoms with E-state index in [0.717, 1.165) is 42.2 Å². The van der Waals surface area contributed by atoms with Crippen LogP contribution in [0, 0.1) is 0 Å². The second kappa shape index (κ2) is 7.27. The summed E-state index contributed by atoms with van der Waals surface area (Å²) in [6.45, 7) is 10.1. The van der Waals surface area contributed by atoms with E-state index in [0.29, 0.717) is 13.2 Å². The lowest BCUT2D eigenvalue weighted by Gasteiger charge is -2.26. The molecule has 1 rings (SSSR count). The summed E-state index contributed by atoms with van der Waals surface area (Å²) in [6.07, 6.45) is 2.65. The number of halogens is 1. The fourth-order valence-corrected chi connectivity index (χ4v) is 2.28. The highest BCUT2D eigenvalue weighted by Crippen LogP contribution is 2.23. The molecule has 0 amide bonds. The van der Waals surface area contributed by atoms with Gasteiger partial charge in [-0.1, -0.05) is 32.4 Å². The third kappa shape index (κ3) is 3.94. The third-order valence-corrected chi connectivity index (χ3v) is 4.17. The average Bonchev–Trinajstić information content (AvgIpc) is 2.75. The Bertz CT molecular complexity index is 400. The molecule has 0 atom stereocenters. The van der Waals surface area contributed by atoms with Crippen LogP contribution in [0.15, 0.2) is 0 Å². The van der Waals surface area contributed by atoms with E-state index >= 15 is 0 Å². The minimum Gasteiger partial charge on any atom is -0.373 e. The lowest BCUT2D eigenvalue weighted by Crippen LogP contribution is -2.43. The van der Waals surface area contributed by atoms with Crippen LogP contribution in [0.4, 0.5) is 0 Å². The molecule has 0 bridgehead atoms. The minimum atomic E-state index is -0.239. The monoisotopic (exact) mass is 287 g/mol. The average molecular weight is 288 g/mol. The Balaban J connectivity index is 2.70. The van der Waals surface area contributed by atoms with Crippen molar-refractivity contribution in [2.45, 2.75) is 65.6 Å². The first-order valence-electron chi connectivity index (χ1n) is 7.11. The van der Waals surface area contributed by atoms with Crippen LogP contribution in [0.1, 0.15) is 51.9 Å². The van der Waals surface area contributed by atoms with E-state index in [1.165, 1.54) is 0 Å². The van der Waals surface area contributed by atoms with Crippen molar-refractivity contribution in [3.63, 3.8) is 0 Å². The molecule has 0 aliphatic carbocycles. The quantitative estimate of drug-likeness (QED) is 0.799. The van der Waals surface area contributed by atoms with Crippen molar-refractivity contribution in [1.29, 1.82) is 0 Å². The van der Waals surface area contributed by atoms with Gasteiger partial charge in [-0.3, -0.25) is 4.68 Å². The molecular formula is C14H26ClN3O. The molecule has 0 aliphatic heterocycles. The number of nitrogens with zero attached hydrogens (tertiary/aromatic N) is 2. The number of aromatic nitrogens is 2. The van der Waals surface area contributed by atoms with Crippen molar-refractivity contribution in [2.75, 3.05) is 6.61 Å². The zero-order valence-electron chi connectivity index (χ0n) is 12.5. The number of ether oxygens (including phenoxy) is 1. The van der Waals surface area contributed by atoms with Crippen LogP contribution in [0.3, 0.4) is 0 Å². The van der Waals surface area contributed by atoms with Gasteiger partial charge >= 0.3 is 0 Å². The van der Waals surface area contributed by atoms with Crippen molar-refractivity contribution in [3.8, 4) is 0 Å². The summed E-state index contributed by atoms with van der Waals surface area (Å²) in [6, 6.07) is 0. The Hall–Kier alpha value is -0.580. The third-order valence-electron chi connectivity index (χ3n) is 3.73. The van der Waals surface area contributed by atoms with Gasteiger partial charge in [0, 0.05) is 12.1 Å². The maximum absolute atomic E-state index is 6.33. The molecule has 0 aliphatic rings. The summed E-state index contributed by atoms with van der Waals surface area (Å²) in [5.74, 6) is 0. The highest BCUT2D eigenvalue weighted by molar-refractivity contribution is 6.31. The van der Waals surface area contributed by atoms with Gasteiger partial charge in [0.15, 0.2) is 0 Å². The smallest absolute Gasteiger partial charge is 0.0900 e. The van der Waals surface area contributed by atoms with Crippen LogP contribution in [0.2, 0.25) is 5.02 Å². The maximum atomic E-state index is 6.33. The maximum Gasteiger partial charge on any atom is 0.0900 e. The predicted octanol–water partition coefficient (Wildman–Crippen LogP) is 3.15. The molecule has 0 aromatic carbocycles. The van der Waals surface area contributed by atoms with Gasteiger partial charge in [0.2, 0.25) is 0 Å². The van der Waals surface area contributed by atoms with Gasteiger partial charge in [0.1, 0.15) is 0 Å². The Kier molecular flexibility index (Phi) is 6.30. The first kappa shape index (κ1) is 16.5. The summed E-state index contributed by atoms with van der Waals surface area (Å²) < 4.78 is 7.69. The molecule has 5 heteroatoms. The Morgan fingerprint density at radius 1 is 1.26 bits per heavy atom. The number of hydrogen-bond donors (Lipinski definition) is 1. The summed E-state index contributed by atoms with van der Waals surface area (Å²) in [4.78, 5) is 0. The largest absolute Gasteiger partial charge is 0.373 e. The van der Waals surface area contributed by atoms with Gasteiger partial charge in [0.25, 0.3) is 0 Å². The van der Waals surface area contributed by atoms with E-state index in [1.807, 2.05) is 4.68 Å². The molecule has 1 aromatic heterocycles. The molecule has 2 N–H and O–H groups in total. The second-order valence-corrected chi connectivity index (χ2v) is 5.32. The number of nitrogens with two attached hydrogens (primary N) is 1. The van der Waals surface area contributed by atoms with Crippen LogP contribution in [0.5, 0.6) is 0 Å². The summed E-state index contributed by atoms with van der Waals surface area (Å²) in [7, 11) is 0. The lowest BCUT2D eigenvalue weighted by atomic mass is 9.96. The van der Waals surface area contributed by atoms with E-state index in [-0.39, 0.29) is 5.54 Å². The molecule has 0 saturated heterocycles. The molecule has 0 saturated carbocycles. The van der Waals surface area contributed by atoms with Crippen molar-refractivity contribution < 1.29 is 4.74 Å². The fourth-order valence-electron chi connectivity index (χ4n) is 1.96. The van der Waals surface area contributed by atoms with Gasteiger partial charge in [0.05, 0.1) is 29.6 Å². The highest BCUT2D eigenvalue weighted by Gasteiger charge is 2.21. The van der Waals surface area contributed by atoms with Crippen molar-refractivity contribution >= 4 is 11.6 Å². The molecule has 0 unspecified atom stereocenters. The van der Waals surface area contributed by atoms with Gasteiger partial charge < -0.3 is 10.5 Å². The molecule has 1 aromatic rings. The summed E-state index contributed by atoms with van der Waals surface area (Å²) in [5.41, 5.74) is 7.87. The molecular weight excluding hydrogens is 262 g/mol. The second-order valence-electron chi connectivity index (χ2n) is 4.94. The zero-order chi connectivity index (χ0) is 14.5. The molecule has 0 radical (unpaired) electrons. The Labute approximate surface area is 121 Å². The van der Waals surface area contributed by atoms with Gasteiger partial charge in [-0.15, -0.1) is 0 Å². The molecule has 19 heavy (non-hydrogen) atoms. The highest BCUT2D eigenvalue weighted by atomic mass is 35.5. The summed E-state index contributed by atoms with van der Waals surface area (Å²) in [5, 5.41) is 5.21. The lowest BCUT2D eigenvalue weighted by molar-refractivity contribution is 0.0657. The number of rotatable bonds is 8. The van der Waals surface area contributed by atoms with Gasteiger partial charge in [-0.2, -0.15) is 5.10 Å². The van der Waals surface area contributed by atoms with Crippen molar-refractivity contribution in [1.82, 2.24) is 9.78 Å². The first-order valence-corrected chi connectivity index (χ1v) is 7.49. The van der Waals surface area contributed by atoms with E-state index in [2.05, 4.69) is 32.8 Å². The van der Waals surface area contributed by atoms with Crippen LogP contribution in [-0.2, 0) is 24.3 Å². The Morgan fingerprint density at radius 2 is 1.89 bits per heavy atom.